The lowest BCUT2D eigenvalue weighted by atomic mass is 10.2. The molecule has 0 N–H and O–H groups in total. The summed E-state index contributed by atoms with van der Waals surface area (Å²) in [5.74, 6) is 0.697. The summed E-state index contributed by atoms with van der Waals surface area (Å²) < 4.78 is 5.11. The topological polar surface area (TPSA) is 64.4 Å². The second-order valence-electron chi connectivity index (χ2n) is 5.43. The molecular formula is C19H16ClN3O2S. The lowest BCUT2D eigenvalue weighted by Gasteiger charge is -1.99. The molecule has 0 unspecified atom stereocenters. The molecular weight excluding hydrogens is 370 g/mol. The van der Waals surface area contributed by atoms with Gasteiger partial charge in [-0.15, -0.1) is 11.3 Å². The normalized spacial score (nSPS) is 11.0. The van der Waals surface area contributed by atoms with Crippen molar-refractivity contribution in [2.24, 2.45) is 4.99 Å². The van der Waals surface area contributed by atoms with Gasteiger partial charge in [0, 0.05) is 12.4 Å². The number of benzene rings is 1. The standard InChI is InChI=1S/C19H16ClN3O2S/c1-12-18(26-19(23-12)17-15(20)4-3-9-22-17)16(24)11-21-10-13-5-7-14(25-2)8-6-13/h3-10H,11H2,1-2H3. The number of thiazole rings is 1. The SMILES string of the molecule is COc1ccc(C=NCC(=O)c2sc(-c3ncccc3Cl)nc2C)cc1. The molecule has 0 bridgehead atoms. The third-order valence-electron chi connectivity index (χ3n) is 3.60. The molecule has 0 amide bonds. The fraction of sp³-hybridized carbons (Fsp3) is 0.158. The first-order valence-electron chi connectivity index (χ1n) is 7.84. The number of hydrogen-bond acceptors (Lipinski definition) is 6. The van der Waals surface area contributed by atoms with Gasteiger partial charge in [0.25, 0.3) is 0 Å². The van der Waals surface area contributed by atoms with Crippen molar-refractivity contribution >= 4 is 34.9 Å². The Kier molecular flexibility index (Phi) is 5.75. The molecule has 0 aliphatic carbocycles. The van der Waals surface area contributed by atoms with Gasteiger partial charge < -0.3 is 4.74 Å². The summed E-state index contributed by atoms with van der Waals surface area (Å²) in [6.07, 6.45) is 3.32. The monoisotopic (exact) mass is 385 g/mol. The Bertz CT molecular complexity index is 952. The van der Waals surface area contributed by atoms with Gasteiger partial charge >= 0.3 is 0 Å². The molecule has 0 saturated heterocycles. The molecule has 0 aliphatic rings. The van der Waals surface area contributed by atoms with Crippen LogP contribution in [0.3, 0.4) is 0 Å². The lowest BCUT2D eigenvalue weighted by Crippen LogP contribution is -2.03. The van der Waals surface area contributed by atoms with Crippen molar-refractivity contribution in [1.82, 2.24) is 9.97 Å². The molecule has 0 aliphatic heterocycles. The van der Waals surface area contributed by atoms with Crippen LogP contribution in [0.5, 0.6) is 5.75 Å². The number of pyridine rings is 1. The molecule has 0 radical (unpaired) electrons. The van der Waals surface area contributed by atoms with E-state index in [9.17, 15) is 4.79 Å². The average molecular weight is 386 g/mol. The molecule has 2 aromatic heterocycles. The highest BCUT2D eigenvalue weighted by molar-refractivity contribution is 7.17. The van der Waals surface area contributed by atoms with E-state index in [0.29, 0.717) is 26.3 Å². The number of aromatic nitrogens is 2. The van der Waals surface area contributed by atoms with Gasteiger partial charge in [0.2, 0.25) is 0 Å². The average Bonchev–Trinajstić information content (AvgIpc) is 3.04. The quantitative estimate of drug-likeness (QED) is 0.463. The number of aliphatic imine (C=N–C) groups is 1. The van der Waals surface area contributed by atoms with Crippen molar-refractivity contribution in [3.63, 3.8) is 0 Å². The predicted octanol–water partition coefficient (Wildman–Crippen LogP) is 4.48. The number of aryl methyl sites for hydroxylation is 1. The first kappa shape index (κ1) is 18.2. The number of Topliss-reactive ketones (excluding diaryl/α,β-unsaturated/α-hetero) is 1. The Morgan fingerprint density at radius 3 is 2.77 bits per heavy atom. The molecule has 132 valence electrons. The summed E-state index contributed by atoms with van der Waals surface area (Å²) in [5, 5.41) is 1.15. The number of rotatable bonds is 6. The summed E-state index contributed by atoms with van der Waals surface area (Å²) in [6, 6.07) is 11.0. The van der Waals surface area contributed by atoms with Gasteiger partial charge in [0.1, 0.15) is 23.0 Å². The third-order valence-corrected chi connectivity index (χ3v) is 5.11. The zero-order valence-electron chi connectivity index (χ0n) is 14.3. The van der Waals surface area contributed by atoms with E-state index in [0.717, 1.165) is 11.3 Å². The van der Waals surface area contributed by atoms with Gasteiger partial charge in [-0.25, -0.2) is 4.98 Å². The van der Waals surface area contributed by atoms with Gasteiger partial charge in [-0.1, -0.05) is 11.6 Å². The van der Waals surface area contributed by atoms with E-state index < -0.39 is 0 Å². The summed E-state index contributed by atoms with van der Waals surface area (Å²) in [5.41, 5.74) is 2.15. The van der Waals surface area contributed by atoms with Crippen LogP contribution in [0, 0.1) is 6.92 Å². The maximum Gasteiger partial charge on any atom is 0.196 e. The van der Waals surface area contributed by atoms with Crippen molar-refractivity contribution < 1.29 is 9.53 Å². The van der Waals surface area contributed by atoms with Gasteiger partial charge in [-0.2, -0.15) is 0 Å². The maximum absolute atomic E-state index is 12.5. The summed E-state index contributed by atoms with van der Waals surface area (Å²) in [7, 11) is 1.62. The van der Waals surface area contributed by atoms with Crippen LogP contribution in [0.4, 0.5) is 0 Å². The fourth-order valence-corrected chi connectivity index (χ4v) is 3.57. The molecule has 3 rings (SSSR count). The van der Waals surface area contributed by atoms with Gasteiger partial charge in [0.05, 0.1) is 22.7 Å². The van der Waals surface area contributed by atoms with Crippen molar-refractivity contribution in [2.75, 3.05) is 13.7 Å². The summed E-state index contributed by atoms with van der Waals surface area (Å²) >= 11 is 7.45. The third kappa shape index (κ3) is 4.15. The highest BCUT2D eigenvalue weighted by Gasteiger charge is 2.17. The van der Waals surface area contributed by atoms with Crippen LogP contribution in [0.25, 0.3) is 10.7 Å². The second-order valence-corrected chi connectivity index (χ2v) is 6.84. The molecule has 7 heteroatoms. The molecule has 2 heterocycles. The van der Waals surface area contributed by atoms with Crippen LogP contribution in [0.2, 0.25) is 5.02 Å². The Morgan fingerprint density at radius 1 is 1.31 bits per heavy atom. The predicted molar refractivity (Wildman–Crippen MR) is 105 cm³/mol. The molecule has 3 aromatic rings. The van der Waals surface area contributed by atoms with E-state index in [-0.39, 0.29) is 12.3 Å². The zero-order chi connectivity index (χ0) is 18.5. The van der Waals surface area contributed by atoms with Crippen molar-refractivity contribution in [3.05, 3.63) is 63.8 Å². The molecule has 0 atom stereocenters. The molecule has 0 spiro atoms. The molecule has 5 nitrogen and oxygen atoms in total. The number of ketones is 1. The minimum absolute atomic E-state index is 0.0600. The second kappa shape index (κ2) is 8.21. The lowest BCUT2D eigenvalue weighted by molar-refractivity contribution is 0.100. The van der Waals surface area contributed by atoms with E-state index in [1.165, 1.54) is 11.3 Å². The van der Waals surface area contributed by atoms with E-state index in [1.807, 2.05) is 24.3 Å². The molecule has 0 saturated carbocycles. The molecule has 0 fully saturated rings. The van der Waals surface area contributed by atoms with Crippen molar-refractivity contribution in [3.8, 4) is 16.5 Å². The number of carbonyl (C=O) groups excluding carboxylic acids is 1. The van der Waals surface area contributed by atoms with E-state index in [2.05, 4.69) is 15.0 Å². The minimum Gasteiger partial charge on any atom is -0.497 e. The Hall–Kier alpha value is -2.57. The number of nitrogens with zero attached hydrogens (tertiary/aromatic N) is 3. The van der Waals surface area contributed by atoms with Crippen molar-refractivity contribution in [2.45, 2.75) is 6.92 Å². The fourth-order valence-electron chi connectivity index (χ4n) is 2.30. The zero-order valence-corrected chi connectivity index (χ0v) is 15.8. The number of halogens is 1. The van der Waals surface area contributed by atoms with Crippen LogP contribution >= 0.6 is 22.9 Å². The largest absolute Gasteiger partial charge is 0.497 e. The van der Waals surface area contributed by atoms with Gasteiger partial charge in [-0.05, 0) is 48.9 Å². The molecule has 1 aromatic carbocycles. The summed E-state index contributed by atoms with van der Waals surface area (Å²) in [6.45, 7) is 1.86. The Morgan fingerprint density at radius 2 is 2.08 bits per heavy atom. The smallest absolute Gasteiger partial charge is 0.196 e. The number of carbonyl (C=O) groups is 1. The van der Waals surface area contributed by atoms with E-state index in [1.54, 1.807) is 38.6 Å². The van der Waals surface area contributed by atoms with Crippen molar-refractivity contribution in [1.29, 1.82) is 0 Å². The van der Waals surface area contributed by atoms with Crippen LogP contribution < -0.4 is 4.74 Å². The highest BCUT2D eigenvalue weighted by atomic mass is 35.5. The van der Waals surface area contributed by atoms with Gasteiger partial charge in [-0.3, -0.25) is 14.8 Å². The maximum atomic E-state index is 12.5. The number of methoxy groups -OCH3 is 1. The number of hydrogen-bond donors (Lipinski definition) is 0. The van der Waals surface area contributed by atoms with E-state index in [4.69, 9.17) is 16.3 Å². The highest BCUT2D eigenvalue weighted by Crippen LogP contribution is 2.31. The van der Waals surface area contributed by atoms with Crippen LogP contribution in [-0.2, 0) is 0 Å². The van der Waals surface area contributed by atoms with Gasteiger partial charge in [0.15, 0.2) is 5.78 Å². The Labute approximate surface area is 160 Å². The van der Waals surface area contributed by atoms with Crippen LogP contribution in [-0.4, -0.2) is 35.6 Å². The minimum atomic E-state index is -0.0805. The molecule has 26 heavy (non-hydrogen) atoms. The first-order chi connectivity index (χ1) is 12.6. The Balaban J connectivity index is 1.72. The van der Waals surface area contributed by atoms with Crippen LogP contribution in [0.15, 0.2) is 47.6 Å². The van der Waals surface area contributed by atoms with E-state index >= 15 is 0 Å². The summed E-state index contributed by atoms with van der Waals surface area (Å²) in [4.78, 5) is 26.0. The van der Waals surface area contributed by atoms with Crippen LogP contribution in [0.1, 0.15) is 20.9 Å². The first-order valence-corrected chi connectivity index (χ1v) is 9.03. The number of ether oxygens (including phenoxy) is 1.